The van der Waals surface area contributed by atoms with E-state index >= 15 is 0 Å². The SMILES string of the molecule is Cn1c(C(=O)NC2CC(C(=O)O)C2)cc(-c2cc(C(C)(C)C)nc(C3(C)CC3)n2)c1CC1CCCCC1. The Hall–Kier alpha value is -2.70. The molecule has 3 fully saturated rings. The fraction of sp³-hybridized carbons (Fsp3) is 0.667. The Balaban J connectivity index is 1.52. The van der Waals surface area contributed by atoms with Crippen LogP contribution in [0.2, 0.25) is 0 Å². The van der Waals surface area contributed by atoms with Crippen LogP contribution in [0.1, 0.15) is 113 Å². The van der Waals surface area contributed by atoms with Gasteiger partial charge < -0.3 is 15.0 Å². The zero-order valence-corrected chi connectivity index (χ0v) is 23.1. The van der Waals surface area contributed by atoms with Crippen molar-refractivity contribution in [1.29, 1.82) is 0 Å². The van der Waals surface area contributed by atoms with Crippen molar-refractivity contribution < 1.29 is 14.7 Å². The highest BCUT2D eigenvalue weighted by Crippen LogP contribution is 2.47. The average molecular weight is 507 g/mol. The summed E-state index contributed by atoms with van der Waals surface area (Å²) in [5.41, 5.74) is 4.70. The van der Waals surface area contributed by atoms with E-state index < -0.39 is 5.97 Å². The quantitative estimate of drug-likeness (QED) is 0.513. The van der Waals surface area contributed by atoms with E-state index in [0.717, 1.165) is 42.0 Å². The molecule has 0 radical (unpaired) electrons. The summed E-state index contributed by atoms with van der Waals surface area (Å²) in [5.74, 6) is 0.272. The molecule has 3 aliphatic rings. The van der Waals surface area contributed by atoms with Gasteiger partial charge in [0.1, 0.15) is 11.5 Å². The van der Waals surface area contributed by atoms with E-state index in [4.69, 9.17) is 9.97 Å². The van der Waals surface area contributed by atoms with Crippen LogP contribution >= 0.6 is 0 Å². The van der Waals surface area contributed by atoms with E-state index in [2.05, 4.69) is 43.6 Å². The molecule has 1 amide bonds. The normalized spacial score (nSPS) is 23.4. The minimum absolute atomic E-state index is 0.0411. The second-order valence-electron chi connectivity index (χ2n) is 13.1. The molecule has 0 unspecified atom stereocenters. The molecule has 3 saturated carbocycles. The van der Waals surface area contributed by atoms with Gasteiger partial charge in [0.25, 0.3) is 5.91 Å². The summed E-state index contributed by atoms with van der Waals surface area (Å²) in [5, 5.41) is 12.3. The monoisotopic (exact) mass is 506 g/mol. The van der Waals surface area contributed by atoms with E-state index in [1.165, 1.54) is 37.8 Å². The summed E-state index contributed by atoms with van der Waals surface area (Å²) in [4.78, 5) is 34.7. The molecule has 5 rings (SSSR count). The average Bonchev–Trinajstić information content (AvgIpc) is 3.50. The number of carbonyl (C=O) groups excluding carboxylic acids is 1. The van der Waals surface area contributed by atoms with Gasteiger partial charge in [0, 0.05) is 35.2 Å². The predicted molar refractivity (Wildman–Crippen MR) is 144 cm³/mol. The highest BCUT2D eigenvalue weighted by Gasteiger charge is 2.43. The lowest BCUT2D eigenvalue weighted by Crippen LogP contribution is -2.47. The van der Waals surface area contributed by atoms with Crippen LogP contribution in [0.25, 0.3) is 11.3 Å². The van der Waals surface area contributed by atoms with Crippen LogP contribution in [-0.4, -0.2) is 37.6 Å². The standard InChI is InChI=1S/C30H42N4O3/c1-29(2,3)25-17-22(32-28(33-25)30(4)11-12-30)21-16-24(26(35)31-20-14-19(15-20)27(36)37)34(5)23(21)13-18-9-7-6-8-10-18/h16-20H,6-15H2,1-5H3,(H,31,35)(H,36,37). The van der Waals surface area contributed by atoms with E-state index in [1.807, 2.05) is 13.1 Å². The first-order chi connectivity index (χ1) is 17.4. The number of aromatic nitrogens is 3. The highest BCUT2D eigenvalue weighted by atomic mass is 16.4. The molecule has 0 aliphatic heterocycles. The Bertz CT molecular complexity index is 1170. The molecule has 2 N–H and O–H groups in total. The number of hydrogen-bond acceptors (Lipinski definition) is 4. The Labute approximate surface area is 220 Å². The Morgan fingerprint density at radius 3 is 2.38 bits per heavy atom. The molecule has 0 spiro atoms. The van der Waals surface area contributed by atoms with E-state index in [0.29, 0.717) is 24.5 Å². The number of nitrogens with zero attached hydrogens (tertiary/aromatic N) is 3. The number of aliphatic carboxylic acids is 1. The van der Waals surface area contributed by atoms with Crippen molar-refractivity contribution in [2.24, 2.45) is 18.9 Å². The van der Waals surface area contributed by atoms with Crippen molar-refractivity contribution in [1.82, 2.24) is 19.9 Å². The minimum atomic E-state index is -0.778. The molecule has 7 nitrogen and oxygen atoms in total. The van der Waals surface area contributed by atoms with Gasteiger partial charge in [-0.3, -0.25) is 9.59 Å². The van der Waals surface area contributed by atoms with E-state index in [-0.39, 0.29) is 28.7 Å². The van der Waals surface area contributed by atoms with Crippen LogP contribution in [0.5, 0.6) is 0 Å². The van der Waals surface area contributed by atoms with Gasteiger partial charge in [0.15, 0.2) is 0 Å². The van der Waals surface area contributed by atoms with Gasteiger partial charge >= 0.3 is 5.97 Å². The number of carboxylic acids is 1. The topological polar surface area (TPSA) is 97.1 Å². The summed E-state index contributed by atoms with van der Waals surface area (Å²) in [6.45, 7) is 8.81. The van der Waals surface area contributed by atoms with Crippen LogP contribution < -0.4 is 5.32 Å². The van der Waals surface area contributed by atoms with Crippen LogP contribution in [0.4, 0.5) is 0 Å². The number of rotatable bonds is 7. The van der Waals surface area contributed by atoms with Crippen molar-refractivity contribution in [3.63, 3.8) is 0 Å². The van der Waals surface area contributed by atoms with Crippen molar-refractivity contribution in [2.45, 2.75) is 109 Å². The maximum Gasteiger partial charge on any atom is 0.306 e. The zero-order valence-electron chi connectivity index (χ0n) is 23.1. The van der Waals surface area contributed by atoms with Crippen LogP contribution in [-0.2, 0) is 29.1 Å². The third-order valence-corrected chi connectivity index (χ3v) is 8.93. The minimum Gasteiger partial charge on any atom is -0.481 e. The predicted octanol–water partition coefficient (Wildman–Crippen LogP) is 5.55. The second-order valence-corrected chi connectivity index (χ2v) is 13.1. The maximum absolute atomic E-state index is 13.4. The molecule has 200 valence electrons. The second kappa shape index (κ2) is 9.55. The van der Waals surface area contributed by atoms with E-state index in [9.17, 15) is 14.7 Å². The summed E-state index contributed by atoms with van der Waals surface area (Å²) in [6, 6.07) is 4.05. The summed E-state index contributed by atoms with van der Waals surface area (Å²) >= 11 is 0. The number of hydrogen-bond donors (Lipinski definition) is 2. The van der Waals surface area contributed by atoms with Gasteiger partial charge in [-0.15, -0.1) is 0 Å². The Kier molecular flexibility index (Phi) is 6.70. The van der Waals surface area contributed by atoms with Crippen LogP contribution in [0.15, 0.2) is 12.1 Å². The summed E-state index contributed by atoms with van der Waals surface area (Å²) < 4.78 is 2.06. The van der Waals surface area contributed by atoms with Crippen LogP contribution in [0.3, 0.4) is 0 Å². The fourth-order valence-electron chi connectivity index (χ4n) is 5.84. The van der Waals surface area contributed by atoms with Gasteiger partial charge in [-0.2, -0.15) is 0 Å². The lowest BCUT2D eigenvalue weighted by Gasteiger charge is -2.32. The first-order valence-electron chi connectivity index (χ1n) is 14.1. The zero-order chi connectivity index (χ0) is 26.5. The van der Waals surface area contributed by atoms with Crippen molar-refractivity contribution in [2.75, 3.05) is 0 Å². The summed E-state index contributed by atoms with van der Waals surface area (Å²) in [7, 11) is 1.99. The molecule has 37 heavy (non-hydrogen) atoms. The highest BCUT2D eigenvalue weighted by molar-refractivity contribution is 5.95. The van der Waals surface area contributed by atoms with Crippen LogP contribution in [0, 0.1) is 11.8 Å². The number of amides is 1. The molecule has 7 heteroatoms. The van der Waals surface area contributed by atoms with Crippen molar-refractivity contribution >= 4 is 11.9 Å². The van der Waals surface area contributed by atoms with Gasteiger partial charge in [0.2, 0.25) is 0 Å². The molecule has 2 aromatic heterocycles. The largest absolute Gasteiger partial charge is 0.481 e. The lowest BCUT2D eigenvalue weighted by atomic mass is 9.80. The van der Waals surface area contributed by atoms with Crippen molar-refractivity contribution in [3.8, 4) is 11.3 Å². The molecule has 0 aromatic carbocycles. The number of carbonyl (C=O) groups is 2. The van der Waals surface area contributed by atoms with Gasteiger partial charge in [-0.1, -0.05) is 59.8 Å². The molecular formula is C30H42N4O3. The third-order valence-electron chi connectivity index (χ3n) is 8.93. The summed E-state index contributed by atoms with van der Waals surface area (Å²) in [6.07, 6.45) is 10.5. The first kappa shape index (κ1) is 25.9. The number of nitrogens with one attached hydrogen (secondary N) is 1. The van der Waals surface area contributed by atoms with E-state index in [1.54, 1.807) is 0 Å². The molecule has 2 heterocycles. The maximum atomic E-state index is 13.4. The Morgan fingerprint density at radius 2 is 1.78 bits per heavy atom. The Morgan fingerprint density at radius 1 is 1.11 bits per heavy atom. The molecule has 0 saturated heterocycles. The van der Waals surface area contributed by atoms with Gasteiger partial charge in [-0.05, 0) is 50.2 Å². The molecule has 0 atom stereocenters. The lowest BCUT2D eigenvalue weighted by molar-refractivity contribution is -0.145. The molecule has 2 aromatic rings. The van der Waals surface area contributed by atoms with Gasteiger partial charge in [-0.25, -0.2) is 9.97 Å². The van der Waals surface area contributed by atoms with Crippen molar-refractivity contribution in [3.05, 3.63) is 35.0 Å². The first-order valence-corrected chi connectivity index (χ1v) is 14.1. The van der Waals surface area contributed by atoms with Gasteiger partial charge in [0.05, 0.1) is 17.3 Å². The third kappa shape index (κ3) is 5.32. The molecular weight excluding hydrogens is 464 g/mol. The molecule has 0 bridgehead atoms. The number of carboxylic acid groups (broad SMARTS) is 1. The molecule has 3 aliphatic carbocycles. The smallest absolute Gasteiger partial charge is 0.306 e. The fourth-order valence-corrected chi connectivity index (χ4v) is 5.84.